The van der Waals surface area contributed by atoms with Crippen LogP contribution in [0.2, 0.25) is 0 Å². The van der Waals surface area contributed by atoms with Crippen molar-refractivity contribution < 1.29 is 9.47 Å². The SMILES string of the molecule is C=C(C)CSc1nnc2c3sc4nc(N5CCOCC5)c5c(c4c3ncn12)CC(C)(C)OC5. The molecule has 10 heteroatoms. The molecule has 6 rings (SSSR count). The van der Waals surface area contributed by atoms with Crippen LogP contribution in [0.4, 0.5) is 5.82 Å². The standard InChI is InChI=1S/C23H26N6O2S2/c1-13(2)11-32-22-27-26-20-18-17(24-12-29(20)22)16-14-9-23(3,4)31-10-15(14)19(25-21(16)33-18)28-5-7-30-8-6-28/h12H,1,5-11H2,2-4H3. The zero-order valence-corrected chi connectivity index (χ0v) is 20.7. The van der Waals surface area contributed by atoms with Gasteiger partial charge in [0.25, 0.3) is 0 Å². The van der Waals surface area contributed by atoms with Crippen LogP contribution in [0.5, 0.6) is 0 Å². The predicted octanol–water partition coefficient (Wildman–Crippen LogP) is 4.24. The topological polar surface area (TPSA) is 77.7 Å². The molecule has 0 amide bonds. The van der Waals surface area contributed by atoms with Crippen molar-refractivity contribution in [1.29, 1.82) is 0 Å². The molecule has 0 atom stereocenters. The van der Waals surface area contributed by atoms with E-state index in [9.17, 15) is 0 Å². The van der Waals surface area contributed by atoms with Crippen LogP contribution in [0.1, 0.15) is 31.9 Å². The van der Waals surface area contributed by atoms with E-state index in [0.29, 0.717) is 6.61 Å². The van der Waals surface area contributed by atoms with Gasteiger partial charge >= 0.3 is 0 Å². The number of rotatable bonds is 4. The number of anilines is 1. The van der Waals surface area contributed by atoms with E-state index in [-0.39, 0.29) is 5.60 Å². The molecular formula is C23H26N6O2S2. The van der Waals surface area contributed by atoms with Gasteiger partial charge in [0.1, 0.15) is 21.7 Å². The van der Waals surface area contributed by atoms with Crippen molar-refractivity contribution in [2.24, 2.45) is 0 Å². The number of ether oxygens (including phenoxy) is 2. The third kappa shape index (κ3) is 3.60. The summed E-state index contributed by atoms with van der Waals surface area (Å²) in [7, 11) is 0. The molecule has 0 spiro atoms. The molecule has 1 fully saturated rings. The van der Waals surface area contributed by atoms with Gasteiger partial charge in [-0.05, 0) is 26.3 Å². The Morgan fingerprint density at radius 3 is 2.85 bits per heavy atom. The number of aromatic nitrogens is 5. The Morgan fingerprint density at radius 2 is 2.06 bits per heavy atom. The highest BCUT2D eigenvalue weighted by Gasteiger charge is 2.33. The number of thiophene rings is 1. The van der Waals surface area contributed by atoms with Gasteiger partial charge in [0, 0.05) is 36.2 Å². The minimum absolute atomic E-state index is 0.233. The van der Waals surface area contributed by atoms with Gasteiger partial charge in [0.15, 0.2) is 10.8 Å². The lowest BCUT2D eigenvalue weighted by Crippen LogP contribution is -2.39. The van der Waals surface area contributed by atoms with Gasteiger partial charge in [-0.15, -0.1) is 21.5 Å². The normalized spacial score (nSPS) is 18.3. The van der Waals surface area contributed by atoms with Crippen molar-refractivity contribution in [2.75, 3.05) is 37.0 Å². The first-order valence-corrected chi connectivity index (χ1v) is 12.9. The Balaban J connectivity index is 1.58. The maximum absolute atomic E-state index is 6.23. The highest BCUT2D eigenvalue weighted by atomic mass is 32.2. The molecule has 4 aromatic heterocycles. The molecule has 1 saturated heterocycles. The summed E-state index contributed by atoms with van der Waals surface area (Å²) in [5.41, 5.74) is 5.15. The highest BCUT2D eigenvalue weighted by molar-refractivity contribution is 7.99. The minimum atomic E-state index is -0.233. The van der Waals surface area contributed by atoms with Crippen LogP contribution < -0.4 is 4.90 Å². The lowest BCUT2D eigenvalue weighted by Gasteiger charge is -2.36. The molecule has 4 aromatic rings. The zero-order chi connectivity index (χ0) is 22.7. The number of morpholine rings is 1. The number of hydrogen-bond acceptors (Lipinski definition) is 9. The molecule has 0 unspecified atom stereocenters. The average molecular weight is 483 g/mol. The van der Waals surface area contributed by atoms with Gasteiger partial charge in [0.2, 0.25) is 0 Å². The largest absolute Gasteiger partial charge is 0.378 e. The molecule has 8 nitrogen and oxygen atoms in total. The lowest BCUT2D eigenvalue weighted by atomic mass is 9.90. The Bertz CT molecular complexity index is 1400. The van der Waals surface area contributed by atoms with Crippen molar-refractivity contribution in [3.63, 3.8) is 0 Å². The van der Waals surface area contributed by atoms with E-state index in [0.717, 1.165) is 81.1 Å². The summed E-state index contributed by atoms with van der Waals surface area (Å²) >= 11 is 3.29. The fourth-order valence-corrected chi connectivity index (χ4v) is 6.43. The molecule has 172 valence electrons. The van der Waals surface area contributed by atoms with Crippen molar-refractivity contribution in [1.82, 2.24) is 24.6 Å². The van der Waals surface area contributed by atoms with Gasteiger partial charge in [0.05, 0.1) is 30.9 Å². The van der Waals surface area contributed by atoms with E-state index < -0.39 is 0 Å². The average Bonchev–Trinajstić information content (AvgIpc) is 3.38. The lowest BCUT2D eigenvalue weighted by molar-refractivity contribution is -0.0396. The first kappa shape index (κ1) is 21.3. The molecule has 0 aromatic carbocycles. The second kappa shape index (κ2) is 7.90. The molecule has 33 heavy (non-hydrogen) atoms. The minimum Gasteiger partial charge on any atom is -0.378 e. The fraction of sp³-hybridized carbons (Fsp3) is 0.478. The van der Waals surface area contributed by atoms with Gasteiger partial charge in [-0.1, -0.05) is 23.9 Å². The Kier molecular flexibility index (Phi) is 5.09. The highest BCUT2D eigenvalue weighted by Crippen LogP contribution is 2.43. The van der Waals surface area contributed by atoms with Crippen molar-refractivity contribution in [2.45, 2.75) is 44.6 Å². The van der Waals surface area contributed by atoms with E-state index in [1.807, 2.05) is 17.7 Å². The number of hydrogen-bond donors (Lipinski definition) is 0. The molecule has 6 heterocycles. The number of pyridine rings is 1. The number of nitrogens with zero attached hydrogens (tertiary/aromatic N) is 6. The maximum atomic E-state index is 6.23. The van der Waals surface area contributed by atoms with Crippen LogP contribution in [-0.2, 0) is 22.5 Å². The number of thioether (sulfide) groups is 1. The first-order valence-electron chi connectivity index (χ1n) is 11.1. The van der Waals surface area contributed by atoms with Crippen LogP contribution in [-0.4, -0.2) is 62.2 Å². The first-order chi connectivity index (χ1) is 15.9. The molecule has 0 bridgehead atoms. The Labute approximate surface area is 200 Å². The zero-order valence-electron chi connectivity index (χ0n) is 19.1. The maximum Gasteiger partial charge on any atom is 0.197 e. The molecule has 0 N–H and O–H groups in total. The predicted molar refractivity (Wildman–Crippen MR) is 133 cm³/mol. The Morgan fingerprint density at radius 1 is 1.24 bits per heavy atom. The van der Waals surface area contributed by atoms with Crippen molar-refractivity contribution in [3.05, 3.63) is 29.6 Å². The second-order valence-electron chi connectivity index (χ2n) is 9.34. The van der Waals surface area contributed by atoms with Gasteiger partial charge in [-0.25, -0.2) is 9.97 Å². The molecule has 2 aliphatic rings. The molecule has 0 aliphatic carbocycles. The molecule has 2 aliphatic heterocycles. The van der Waals surface area contributed by atoms with Gasteiger partial charge in [-0.2, -0.15) is 0 Å². The smallest absolute Gasteiger partial charge is 0.197 e. The summed E-state index contributed by atoms with van der Waals surface area (Å²) in [6, 6.07) is 0. The van der Waals surface area contributed by atoms with Gasteiger partial charge < -0.3 is 14.4 Å². The van der Waals surface area contributed by atoms with Crippen molar-refractivity contribution in [3.8, 4) is 0 Å². The van der Waals surface area contributed by atoms with Crippen LogP contribution in [0, 0.1) is 0 Å². The Hall–Kier alpha value is -2.27. The monoisotopic (exact) mass is 482 g/mol. The van der Waals surface area contributed by atoms with E-state index in [4.69, 9.17) is 19.4 Å². The van der Waals surface area contributed by atoms with E-state index in [2.05, 4.69) is 35.5 Å². The summed E-state index contributed by atoms with van der Waals surface area (Å²) in [5, 5.41) is 10.9. The summed E-state index contributed by atoms with van der Waals surface area (Å²) in [6.07, 6.45) is 2.67. The van der Waals surface area contributed by atoms with E-state index in [1.54, 1.807) is 23.1 Å². The summed E-state index contributed by atoms with van der Waals surface area (Å²) in [6.45, 7) is 14.0. The molecule has 0 radical (unpaired) electrons. The second-order valence-corrected chi connectivity index (χ2v) is 11.3. The van der Waals surface area contributed by atoms with Crippen LogP contribution in [0.25, 0.3) is 26.1 Å². The molecule has 0 saturated carbocycles. The molecular weight excluding hydrogens is 456 g/mol. The fourth-order valence-electron chi connectivity index (χ4n) is 4.55. The van der Waals surface area contributed by atoms with E-state index in [1.165, 1.54) is 11.1 Å². The van der Waals surface area contributed by atoms with Crippen LogP contribution >= 0.6 is 23.1 Å². The third-order valence-corrected chi connectivity index (χ3v) is 8.39. The quantitative estimate of drug-likeness (QED) is 0.316. The van der Waals surface area contributed by atoms with Crippen LogP contribution in [0.3, 0.4) is 0 Å². The summed E-state index contributed by atoms with van der Waals surface area (Å²) < 4.78 is 14.8. The summed E-state index contributed by atoms with van der Waals surface area (Å²) in [5.74, 6) is 1.83. The van der Waals surface area contributed by atoms with E-state index >= 15 is 0 Å². The summed E-state index contributed by atoms with van der Waals surface area (Å²) in [4.78, 5) is 13.4. The number of fused-ring (bicyclic) bond motifs is 7. The van der Waals surface area contributed by atoms with Gasteiger partial charge in [-0.3, -0.25) is 4.40 Å². The third-order valence-electron chi connectivity index (χ3n) is 6.15. The van der Waals surface area contributed by atoms with Crippen molar-refractivity contribution >= 4 is 55.0 Å². The van der Waals surface area contributed by atoms with Crippen LogP contribution in [0.15, 0.2) is 23.6 Å².